The molecule has 1 atom stereocenters. The van der Waals surface area contributed by atoms with Crippen LogP contribution in [0.3, 0.4) is 0 Å². The Morgan fingerprint density at radius 1 is 1.10 bits per heavy atom. The Kier molecular flexibility index (Phi) is 4.58. The van der Waals surface area contributed by atoms with Gasteiger partial charge in [-0.15, -0.1) is 0 Å². The lowest BCUT2D eigenvalue weighted by Gasteiger charge is -2.44. The summed E-state index contributed by atoms with van der Waals surface area (Å²) in [6.45, 7) is 9.47. The molecule has 2 fully saturated rings. The van der Waals surface area contributed by atoms with Gasteiger partial charge in [0.15, 0.2) is 0 Å². The molecule has 0 bridgehead atoms. The number of hydrogen-bond donors (Lipinski definition) is 1. The molecule has 20 heavy (non-hydrogen) atoms. The van der Waals surface area contributed by atoms with E-state index in [1.807, 2.05) is 0 Å². The van der Waals surface area contributed by atoms with Crippen LogP contribution in [-0.2, 0) is 0 Å². The Balaban J connectivity index is 1.41. The van der Waals surface area contributed by atoms with Crippen LogP contribution in [0, 0.1) is 6.92 Å². The number of hydrogen-bond acceptors (Lipinski definition) is 3. The lowest BCUT2D eigenvalue weighted by atomic mass is 9.99. The van der Waals surface area contributed by atoms with Crippen LogP contribution in [-0.4, -0.2) is 55.1 Å². The number of nitrogens with zero attached hydrogens (tertiary/aromatic N) is 2. The summed E-state index contributed by atoms with van der Waals surface area (Å²) in [4.78, 5) is 5.33. The topological polar surface area (TPSA) is 18.5 Å². The molecule has 2 heterocycles. The van der Waals surface area contributed by atoms with Crippen LogP contribution in [0.15, 0.2) is 24.3 Å². The number of piperidine rings is 1. The number of fused-ring (bicyclic) bond motifs is 1. The SMILES string of the molecule is Cc1ccc(NCCN2CCN3CCCCC3C2)cc1. The molecule has 1 unspecified atom stereocenters. The van der Waals surface area contributed by atoms with Crippen molar-refractivity contribution in [3.63, 3.8) is 0 Å². The highest BCUT2D eigenvalue weighted by Crippen LogP contribution is 2.20. The molecule has 0 spiro atoms. The molecule has 3 nitrogen and oxygen atoms in total. The zero-order valence-corrected chi connectivity index (χ0v) is 12.6. The van der Waals surface area contributed by atoms with Gasteiger partial charge in [0.1, 0.15) is 0 Å². The van der Waals surface area contributed by atoms with Crippen LogP contribution in [0.4, 0.5) is 5.69 Å². The van der Waals surface area contributed by atoms with Crippen molar-refractivity contribution in [1.29, 1.82) is 0 Å². The molecule has 1 aromatic rings. The molecule has 0 amide bonds. The van der Waals surface area contributed by atoms with Crippen LogP contribution in [0.1, 0.15) is 24.8 Å². The third kappa shape index (κ3) is 3.53. The van der Waals surface area contributed by atoms with Crippen LogP contribution in [0.5, 0.6) is 0 Å². The maximum Gasteiger partial charge on any atom is 0.0340 e. The minimum Gasteiger partial charge on any atom is -0.384 e. The van der Waals surface area contributed by atoms with Crippen molar-refractivity contribution in [3.05, 3.63) is 29.8 Å². The second kappa shape index (κ2) is 6.59. The number of benzene rings is 1. The standard InChI is InChI=1S/C17H27N3/c1-15-5-7-16(8-6-15)18-9-11-19-12-13-20-10-3-2-4-17(20)14-19/h5-8,17-18H,2-4,9-14H2,1H3. The summed E-state index contributed by atoms with van der Waals surface area (Å²) in [5.41, 5.74) is 2.57. The van der Waals surface area contributed by atoms with Crippen molar-refractivity contribution < 1.29 is 0 Å². The summed E-state index contributed by atoms with van der Waals surface area (Å²) >= 11 is 0. The highest BCUT2D eigenvalue weighted by atomic mass is 15.3. The van der Waals surface area contributed by atoms with Gasteiger partial charge in [0.05, 0.1) is 0 Å². The summed E-state index contributed by atoms with van der Waals surface area (Å²) in [5, 5.41) is 3.54. The molecule has 3 heteroatoms. The van der Waals surface area contributed by atoms with E-state index in [2.05, 4.69) is 46.3 Å². The molecule has 2 saturated heterocycles. The molecule has 1 aromatic carbocycles. The van der Waals surface area contributed by atoms with Crippen LogP contribution in [0.25, 0.3) is 0 Å². The van der Waals surface area contributed by atoms with E-state index in [1.54, 1.807) is 0 Å². The second-order valence-electron chi connectivity index (χ2n) is 6.28. The molecule has 0 saturated carbocycles. The molecule has 2 aliphatic heterocycles. The molecule has 1 N–H and O–H groups in total. The Hall–Kier alpha value is -1.06. The largest absolute Gasteiger partial charge is 0.384 e. The maximum atomic E-state index is 3.54. The number of piperazine rings is 1. The number of anilines is 1. The van der Waals surface area contributed by atoms with Crippen molar-refractivity contribution in [2.75, 3.05) is 44.6 Å². The van der Waals surface area contributed by atoms with Crippen LogP contribution >= 0.6 is 0 Å². The molecular weight excluding hydrogens is 246 g/mol. The van der Waals surface area contributed by atoms with E-state index in [0.717, 1.165) is 19.1 Å². The lowest BCUT2D eigenvalue weighted by Crippen LogP contribution is -2.55. The van der Waals surface area contributed by atoms with Gasteiger partial charge in [-0.05, 0) is 38.4 Å². The van der Waals surface area contributed by atoms with Gasteiger partial charge in [-0.25, -0.2) is 0 Å². The molecule has 2 aliphatic rings. The molecule has 0 aromatic heterocycles. The average Bonchev–Trinajstić information content (AvgIpc) is 2.49. The van der Waals surface area contributed by atoms with E-state index in [4.69, 9.17) is 0 Å². The fourth-order valence-electron chi connectivity index (χ4n) is 3.45. The van der Waals surface area contributed by atoms with E-state index in [-0.39, 0.29) is 0 Å². The highest BCUT2D eigenvalue weighted by Gasteiger charge is 2.28. The molecule has 3 rings (SSSR count). The van der Waals surface area contributed by atoms with Gasteiger partial charge in [0, 0.05) is 44.5 Å². The van der Waals surface area contributed by atoms with Gasteiger partial charge in [0.25, 0.3) is 0 Å². The van der Waals surface area contributed by atoms with Crippen LogP contribution < -0.4 is 5.32 Å². The van der Waals surface area contributed by atoms with Gasteiger partial charge in [-0.2, -0.15) is 0 Å². The van der Waals surface area contributed by atoms with E-state index in [0.29, 0.717) is 0 Å². The van der Waals surface area contributed by atoms with E-state index in [1.165, 1.54) is 56.7 Å². The number of rotatable bonds is 4. The second-order valence-corrected chi connectivity index (χ2v) is 6.28. The molecule has 110 valence electrons. The summed E-state index contributed by atoms with van der Waals surface area (Å²) in [6.07, 6.45) is 4.24. The van der Waals surface area contributed by atoms with E-state index in [9.17, 15) is 0 Å². The Labute approximate surface area is 123 Å². The van der Waals surface area contributed by atoms with Gasteiger partial charge in [0.2, 0.25) is 0 Å². The average molecular weight is 273 g/mol. The Bertz CT molecular complexity index is 415. The molecular formula is C17H27N3. The third-order valence-corrected chi connectivity index (χ3v) is 4.73. The first-order valence-electron chi connectivity index (χ1n) is 8.08. The quantitative estimate of drug-likeness (QED) is 0.909. The minimum atomic E-state index is 0.830. The highest BCUT2D eigenvalue weighted by molar-refractivity contribution is 5.44. The number of aryl methyl sites for hydroxylation is 1. The minimum absolute atomic E-state index is 0.830. The zero-order valence-electron chi connectivity index (χ0n) is 12.6. The molecule has 0 radical (unpaired) electrons. The third-order valence-electron chi connectivity index (χ3n) is 4.73. The van der Waals surface area contributed by atoms with Crippen molar-refractivity contribution in [2.24, 2.45) is 0 Å². The first-order chi connectivity index (χ1) is 9.81. The van der Waals surface area contributed by atoms with Crippen molar-refractivity contribution in [1.82, 2.24) is 9.80 Å². The van der Waals surface area contributed by atoms with Crippen molar-refractivity contribution >= 4 is 5.69 Å². The normalized spacial score (nSPS) is 24.4. The van der Waals surface area contributed by atoms with Gasteiger partial charge < -0.3 is 5.32 Å². The summed E-state index contributed by atoms with van der Waals surface area (Å²) in [7, 11) is 0. The Morgan fingerprint density at radius 3 is 2.80 bits per heavy atom. The number of nitrogens with one attached hydrogen (secondary N) is 1. The zero-order chi connectivity index (χ0) is 13.8. The summed E-state index contributed by atoms with van der Waals surface area (Å²) in [5.74, 6) is 0. The van der Waals surface area contributed by atoms with Gasteiger partial charge >= 0.3 is 0 Å². The van der Waals surface area contributed by atoms with E-state index < -0.39 is 0 Å². The smallest absolute Gasteiger partial charge is 0.0340 e. The summed E-state index contributed by atoms with van der Waals surface area (Å²) < 4.78 is 0. The maximum absolute atomic E-state index is 3.54. The van der Waals surface area contributed by atoms with Crippen LogP contribution in [0.2, 0.25) is 0 Å². The lowest BCUT2D eigenvalue weighted by molar-refractivity contribution is 0.0515. The fourth-order valence-corrected chi connectivity index (χ4v) is 3.45. The fraction of sp³-hybridized carbons (Fsp3) is 0.647. The predicted octanol–water partition coefficient (Wildman–Crippen LogP) is 2.58. The van der Waals surface area contributed by atoms with Crippen molar-refractivity contribution in [3.8, 4) is 0 Å². The summed E-state index contributed by atoms with van der Waals surface area (Å²) in [6, 6.07) is 9.52. The monoisotopic (exact) mass is 273 g/mol. The Morgan fingerprint density at radius 2 is 1.95 bits per heavy atom. The first-order valence-corrected chi connectivity index (χ1v) is 8.08. The van der Waals surface area contributed by atoms with E-state index >= 15 is 0 Å². The first kappa shape index (κ1) is 13.9. The van der Waals surface area contributed by atoms with Crippen molar-refractivity contribution in [2.45, 2.75) is 32.2 Å². The van der Waals surface area contributed by atoms with Gasteiger partial charge in [-0.1, -0.05) is 24.1 Å². The van der Waals surface area contributed by atoms with Gasteiger partial charge in [-0.3, -0.25) is 9.80 Å². The molecule has 0 aliphatic carbocycles. The predicted molar refractivity (Wildman–Crippen MR) is 85.3 cm³/mol.